The lowest BCUT2D eigenvalue weighted by Gasteiger charge is -2.26. The summed E-state index contributed by atoms with van der Waals surface area (Å²) in [6.45, 7) is 4.55. The Bertz CT molecular complexity index is 1000. The first-order valence-corrected chi connectivity index (χ1v) is 9.87. The number of benzene rings is 2. The minimum atomic E-state index is -0.750. The van der Waals surface area contributed by atoms with Crippen molar-refractivity contribution in [2.24, 2.45) is 10.7 Å². The number of hydrogen-bond donors (Lipinski definition) is 1. The van der Waals surface area contributed by atoms with Crippen LogP contribution in [0.1, 0.15) is 31.4 Å². The van der Waals surface area contributed by atoms with Gasteiger partial charge in [-0.3, -0.25) is 0 Å². The molecule has 0 aliphatic carbocycles. The van der Waals surface area contributed by atoms with Gasteiger partial charge in [-0.05, 0) is 47.0 Å². The highest BCUT2D eigenvalue weighted by Crippen LogP contribution is 2.39. The number of aromatic nitrogens is 1. The molecule has 1 aromatic heterocycles. The van der Waals surface area contributed by atoms with Gasteiger partial charge in [-0.15, -0.1) is 0 Å². The SMILES string of the molecule is CCC.COc1ccc(C2(c3cccc(-c4ccc(F)nc4)c3)COC(N)=N2)cc1. The average molecular weight is 407 g/mol. The zero-order chi connectivity index (χ0) is 21.6. The summed E-state index contributed by atoms with van der Waals surface area (Å²) in [7, 11) is 1.62. The Balaban J connectivity index is 0.000000806. The molecule has 0 saturated carbocycles. The zero-order valence-electron chi connectivity index (χ0n) is 17.4. The van der Waals surface area contributed by atoms with Crippen molar-refractivity contribution in [2.45, 2.75) is 25.8 Å². The molecule has 1 atom stereocenters. The minimum Gasteiger partial charge on any atom is -0.497 e. The molecular formula is C24H26FN3O2. The van der Waals surface area contributed by atoms with Crippen LogP contribution in [0.15, 0.2) is 71.9 Å². The molecule has 0 radical (unpaired) electrons. The number of nitrogens with two attached hydrogens (primary N) is 1. The van der Waals surface area contributed by atoms with Gasteiger partial charge in [0.25, 0.3) is 6.02 Å². The van der Waals surface area contributed by atoms with E-state index in [9.17, 15) is 4.39 Å². The van der Waals surface area contributed by atoms with Crippen molar-refractivity contribution in [3.63, 3.8) is 0 Å². The van der Waals surface area contributed by atoms with E-state index in [1.807, 2.05) is 48.5 Å². The number of methoxy groups -OCH3 is 1. The van der Waals surface area contributed by atoms with Crippen molar-refractivity contribution >= 4 is 6.02 Å². The molecule has 2 heterocycles. The fourth-order valence-corrected chi connectivity index (χ4v) is 3.26. The van der Waals surface area contributed by atoms with Crippen LogP contribution in [0.3, 0.4) is 0 Å². The first-order valence-electron chi connectivity index (χ1n) is 9.87. The Hall–Kier alpha value is -3.41. The largest absolute Gasteiger partial charge is 0.497 e. The zero-order valence-corrected chi connectivity index (χ0v) is 17.4. The van der Waals surface area contributed by atoms with Crippen LogP contribution in [-0.4, -0.2) is 24.7 Å². The highest BCUT2D eigenvalue weighted by molar-refractivity contribution is 5.75. The molecule has 6 heteroatoms. The van der Waals surface area contributed by atoms with Crippen molar-refractivity contribution in [1.82, 2.24) is 4.98 Å². The van der Waals surface area contributed by atoms with Gasteiger partial charge in [0.1, 0.15) is 12.4 Å². The lowest BCUT2D eigenvalue weighted by Crippen LogP contribution is -2.27. The van der Waals surface area contributed by atoms with Gasteiger partial charge in [-0.25, -0.2) is 9.98 Å². The maximum Gasteiger partial charge on any atom is 0.283 e. The molecule has 2 N–H and O–H groups in total. The molecule has 0 fully saturated rings. The van der Waals surface area contributed by atoms with Crippen LogP contribution in [0, 0.1) is 5.95 Å². The lowest BCUT2D eigenvalue weighted by molar-refractivity contribution is 0.278. The Kier molecular flexibility index (Phi) is 6.67. The summed E-state index contributed by atoms with van der Waals surface area (Å²) in [5.74, 6) is 0.252. The summed E-state index contributed by atoms with van der Waals surface area (Å²) in [6, 6.07) is 18.7. The highest BCUT2D eigenvalue weighted by atomic mass is 19.1. The third-order valence-electron chi connectivity index (χ3n) is 4.70. The standard InChI is InChI=1S/C21H18FN3O2.C3H8/c1-26-18-8-6-16(7-9-18)21(13-27-20(23)25-21)17-4-2-3-14(11-17)15-5-10-19(22)24-12-15;1-3-2/h2-12H,13H2,1H3,(H2,23,25);3H2,1-2H3. The minimum absolute atomic E-state index is 0.152. The molecule has 1 aliphatic heterocycles. The van der Waals surface area contributed by atoms with Crippen molar-refractivity contribution in [3.05, 3.63) is 83.9 Å². The summed E-state index contributed by atoms with van der Waals surface area (Å²) < 4.78 is 23.9. The fourth-order valence-electron chi connectivity index (χ4n) is 3.26. The summed E-state index contributed by atoms with van der Waals surface area (Å²) in [4.78, 5) is 8.36. The van der Waals surface area contributed by atoms with E-state index in [0.29, 0.717) is 6.61 Å². The number of halogens is 1. The molecule has 156 valence electrons. The Morgan fingerprint density at radius 2 is 1.77 bits per heavy atom. The number of nitrogens with zero attached hydrogens (tertiary/aromatic N) is 2. The molecule has 0 amide bonds. The van der Waals surface area contributed by atoms with Crippen LogP contribution in [0.2, 0.25) is 0 Å². The second kappa shape index (κ2) is 9.39. The van der Waals surface area contributed by atoms with Crippen molar-refractivity contribution < 1.29 is 13.9 Å². The van der Waals surface area contributed by atoms with Crippen molar-refractivity contribution in [1.29, 1.82) is 0 Å². The summed E-state index contributed by atoms with van der Waals surface area (Å²) in [6.07, 6.45) is 2.76. The van der Waals surface area contributed by atoms with Crippen LogP contribution in [0.4, 0.5) is 4.39 Å². The second-order valence-corrected chi connectivity index (χ2v) is 6.99. The molecule has 4 rings (SSSR count). The van der Waals surface area contributed by atoms with Gasteiger partial charge in [0.15, 0.2) is 5.54 Å². The van der Waals surface area contributed by atoms with Crippen LogP contribution < -0.4 is 10.5 Å². The Morgan fingerprint density at radius 1 is 1.03 bits per heavy atom. The van der Waals surface area contributed by atoms with E-state index in [2.05, 4.69) is 23.8 Å². The third kappa shape index (κ3) is 4.43. The van der Waals surface area contributed by atoms with Gasteiger partial charge < -0.3 is 15.2 Å². The molecule has 0 saturated heterocycles. The Labute approximate surface area is 176 Å². The lowest BCUT2D eigenvalue weighted by atomic mass is 9.83. The number of pyridine rings is 1. The van der Waals surface area contributed by atoms with E-state index in [1.165, 1.54) is 18.7 Å². The predicted octanol–water partition coefficient (Wildman–Crippen LogP) is 4.90. The number of ether oxygens (including phenoxy) is 2. The smallest absolute Gasteiger partial charge is 0.283 e. The first-order chi connectivity index (χ1) is 14.5. The fraction of sp³-hybridized carbons (Fsp3) is 0.250. The molecule has 1 aliphatic rings. The van der Waals surface area contributed by atoms with Crippen LogP contribution >= 0.6 is 0 Å². The quantitative estimate of drug-likeness (QED) is 0.625. The van der Waals surface area contributed by atoms with Gasteiger partial charge in [0.05, 0.1) is 7.11 Å². The number of rotatable bonds is 4. The molecule has 3 aromatic rings. The van der Waals surface area contributed by atoms with Gasteiger partial charge in [-0.1, -0.05) is 50.6 Å². The van der Waals surface area contributed by atoms with E-state index in [-0.39, 0.29) is 6.02 Å². The third-order valence-corrected chi connectivity index (χ3v) is 4.70. The van der Waals surface area contributed by atoms with Crippen LogP contribution in [-0.2, 0) is 10.3 Å². The van der Waals surface area contributed by atoms with E-state index in [1.54, 1.807) is 13.2 Å². The summed E-state index contributed by atoms with van der Waals surface area (Å²) >= 11 is 0. The van der Waals surface area contributed by atoms with Crippen LogP contribution in [0.5, 0.6) is 5.75 Å². The summed E-state index contributed by atoms with van der Waals surface area (Å²) in [5.41, 5.74) is 8.71. The number of aliphatic imine (C=N–C) groups is 1. The number of amidine groups is 1. The maximum absolute atomic E-state index is 13.1. The molecule has 1 unspecified atom stereocenters. The van der Waals surface area contributed by atoms with Crippen molar-refractivity contribution in [3.8, 4) is 16.9 Å². The monoisotopic (exact) mass is 407 g/mol. The topological polar surface area (TPSA) is 69.7 Å². The molecule has 2 aromatic carbocycles. The molecule has 0 spiro atoms. The molecule has 0 bridgehead atoms. The van der Waals surface area contributed by atoms with E-state index < -0.39 is 11.5 Å². The van der Waals surface area contributed by atoms with Crippen molar-refractivity contribution in [2.75, 3.05) is 13.7 Å². The highest BCUT2D eigenvalue weighted by Gasteiger charge is 2.40. The molecular weight excluding hydrogens is 381 g/mol. The maximum atomic E-state index is 13.1. The van der Waals surface area contributed by atoms with Gasteiger partial charge in [0.2, 0.25) is 5.95 Å². The van der Waals surface area contributed by atoms with Gasteiger partial charge in [-0.2, -0.15) is 4.39 Å². The molecule has 5 nitrogen and oxygen atoms in total. The Morgan fingerprint density at radius 3 is 2.33 bits per heavy atom. The van der Waals surface area contributed by atoms with Crippen LogP contribution in [0.25, 0.3) is 11.1 Å². The average Bonchev–Trinajstić information content (AvgIpc) is 3.18. The van der Waals surface area contributed by atoms with Gasteiger partial charge >= 0.3 is 0 Å². The van der Waals surface area contributed by atoms with E-state index >= 15 is 0 Å². The predicted molar refractivity (Wildman–Crippen MR) is 117 cm³/mol. The molecule has 30 heavy (non-hydrogen) atoms. The van der Waals surface area contributed by atoms with Gasteiger partial charge in [0, 0.05) is 11.8 Å². The number of hydrogen-bond acceptors (Lipinski definition) is 5. The second-order valence-electron chi connectivity index (χ2n) is 6.99. The first kappa shape index (κ1) is 21.3. The van der Waals surface area contributed by atoms with E-state index in [0.717, 1.165) is 28.0 Å². The summed E-state index contributed by atoms with van der Waals surface area (Å²) in [5, 5.41) is 0. The normalized spacial score (nSPS) is 17.4. The van der Waals surface area contributed by atoms with E-state index in [4.69, 9.17) is 15.2 Å².